The fraction of sp³-hybridized carbons (Fsp3) is 0.167. The van der Waals surface area contributed by atoms with Crippen molar-refractivity contribution >= 4 is 5.91 Å². The van der Waals surface area contributed by atoms with E-state index in [0.29, 0.717) is 24.7 Å². The third kappa shape index (κ3) is 4.09. The van der Waals surface area contributed by atoms with Crippen LogP contribution in [0.3, 0.4) is 0 Å². The van der Waals surface area contributed by atoms with E-state index in [9.17, 15) is 4.79 Å². The number of aryl methyl sites for hydroxylation is 1. The van der Waals surface area contributed by atoms with Gasteiger partial charge in [0, 0.05) is 38.0 Å². The number of carbonyl (C=O) groups excluding carboxylic acids is 1. The molecule has 0 aromatic carbocycles. The summed E-state index contributed by atoms with van der Waals surface area (Å²) >= 11 is 0. The molecule has 4 rings (SSSR count). The maximum atomic E-state index is 12.1. The van der Waals surface area contributed by atoms with Crippen LogP contribution in [0.2, 0.25) is 0 Å². The molecule has 0 spiro atoms. The summed E-state index contributed by atoms with van der Waals surface area (Å²) in [5.41, 5.74) is 1.68. The van der Waals surface area contributed by atoms with Gasteiger partial charge in [-0.15, -0.1) is 0 Å². The Bertz CT molecular complexity index is 1010. The Hall–Kier alpha value is -3.75. The van der Waals surface area contributed by atoms with Gasteiger partial charge in [0.2, 0.25) is 17.6 Å². The zero-order valence-corrected chi connectivity index (χ0v) is 14.3. The van der Waals surface area contributed by atoms with Crippen molar-refractivity contribution in [3.05, 3.63) is 67.1 Å². The largest absolute Gasteiger partial charge is 0.472 e. The highest BCUT2D eigenvalue weighted by Crippen LogP contribution is 2.16. The predicted octanol–water partition coefficient (Wildman–Crippen LogP) is 2.16. The number of hydrogen-bond acceptors (Lipinski definition) is 7. The first kappa shape index (κ1) is 16.7. The molecule has 0 saturated carbocycles. The first-order valence-corrected chi connectivity index (χ1v) is 8.33. The number of nitrogens with zero attached hydrogens (tertiary/aromatic N) is 5. The van der Waals surface area contributed by atoms with Crippen molar-refractivity contribution in [1.82, 2.24) is 30.0 Å². The van der Waals surface area contributed by atoms with Crippen LogP contribution < -0.4 is 5.32 Å². The summed E-state index contributed by atoms with van der Waals surface area (Å²) in [6.45, 7) is 0.410. The number of amides is 1. The lowest BCUT2D eigenvalue weighted by molar-refractivity contribution is -0.121. The molecule has 0 atom stereocenters. The zero-order valence-electron chi connectivity index (χ0n) is 14.3. The van der Waals surface area contributed by atoms with Crippen LogP contribution in [0.4, 0.5) is 0 Å². The molecule has 136 valence electrons. The lowest BCUT2D eigenvalue weighted by Gasteiger charge is -2.06. The van der Waals surface area contributed by atoms with E-state index in [1.54, 1.807) is 29.4 Å². The first-order chi connectivity index (χ1) is 13.3. The van der Waals surface area contributed by atoms with Gasteiger partial charge in [0.25, 0.3) is 0 Å². The molecule has 0 aliphatic heterocycles. The number of hydrogen-bond donors (Lipinski definition) is 1. The molecule has 4 aromatic rings. The number of imidazole rings is 1. The number of nitrogens with one attached hydrogen (secondary N) is 1. The Balaban J connectivity index is 1.28. The van der Waals surface area contributed by atoms with Crippen molar-refractivity contribution in [3.63, 3.8) is 0 Å². The number of rotatable bonds is 7. The number of carbonyl (C=O) groups is 1. The monoisotopic (exact) mass is 364 g/mol. The van der Waals surface area contributed by atoms with Crippen molar-refractivity contribution in [1.29, 1.82) is 0 Å². The first-order valence-electron chi connectivity index (χ1n) is 8.33. The molecule has 0 bridgehead atoms. The minimum absolute atomic E-state index is 0.0981. The molecule has 9 nitrogen and oxygen atoms in total. The molecule has 1 amide bonds. The molecule has 1 N–H and O–H groups in total. The number of aromatic nitrogens is 5. The maximum Gasteiger partial charge on any atom is 0.227 e. The fourth-order valence-electron chi connectivity index (χ4n) is 2.48. The van der Waals surface area contributed by atoms with E-state index in [0.717, 1.165) is 16.9 Å². The summed E-state index contributed by atoms with van der Waals surface area (Å²) in [7, 11) is 0. The van der Waals surface area contributed by atoms with Crippen LogP contribution in [0, 0.1) is 0 Å². The Morgan fingerprint density at radius 1 is 1.26 bits per heavy atom. The van der Waals surface area contributed by atoms with Gasteiger partial charge in [-0.2, -0.15) is 4.98 Å². The van der Waals surface area contributed by atoms with Gasteiger partial charge in [-0.05, 0) is 23.8 Å². The Kier molecular flexibility index (Phi) is 4.73. The zero-order chi connectivity index (χ0) is 18.5. The highest BCUT2D eigenvalue weighted by molar-refractivity contribution is 5.76. The minimum atomic E-state index is -0.0981. The van der Waals surface area contributed by atoms with Crippen molar-refractivity contribution in [2.75, 3.05) is 0 Å². The van der Waals surface area contributed by atoms with E-state index in [2.05, 4.69) is 25.4 Å². The van der Waals surface area contributed by atoms with Crippen LogP contribution in [0.1, 0.15) is 17.9 Å². The Labute approximate surface area is 154 Å². The molecule has 0 radical (unpaired) electrons. The number of pyridine rings is 1. The lowest BCUT2D eigenvalue weighted by Crippen LogP contribution is -2.23. The van der Waals surface area contributed by atoms with Gasteiger partial charge in [-0.3, -0.25) is 9.36 Å². The molecule has 4 heterocycles. The highest BCUT2D eigenvalue weighted by Gasteiger charge is 2.11. The summed E-state index contributed by atoms with van der Waals surface area (Å²) in [6.07, 6.45) is 10.6. The lowest BCUT2D eigenvalue weighted by atomic mass is 10.2. The van der Waals surface area contributed by atoms with E-state index in [-0.39, 0.29) is 12.3 Å². The second-order valence-corrected chi connectivity index (χ2v) is 5.79. The molecule has 27 heavy (non-hydrogen) atoms. The third-order valence-corrected chi connectivity index (χ3v) is 3.88. The SMILES string of the molecule is O=C(CCc1nc(-c2ccoc2)no1)NCc1ccnc(-n2ccnc2)c1. The highest BCUT2D eigenvalue weighted by atomic mass is 16.5. The van der Waals surface area contributed by atoms with E-state index < -0.39 is 0 Å². The second kappa shape index (κ2) is 7.65. The summed E-state index contributed by atoms with van der Waals surface area (Å²) in [4.78, 5) is 24.6. The summed E-state index contributed by atoms with van der Waals surface area (Å²) in [5.74, 6) is 1.51. The average molecular weight is 364 g/mol. The van der Waals surface area contributed by atoms with Crippen molar-refractivity contribution in [2.24, 2.45) is 0 Å². The van der Waals surface area contributed by atoms with Gasteiger partial charge in [-0.1, -0.05) is 5.16 Å². The molecule has 9 heteroatoms. The molecular weight excluding hydrogens is 348 g/mol. The van der Waals surface area contributed by atoms with Gasteiger partial charge < -0.3 is 14.3 Å². The number of furan rings is 1. The molecule has 0 fully saturated rings. The van der Waals surface area contributed by atoms with E-state index >= 15 is 0 Å². The van der Waals surface area contributed by atoms with E-state index in [1.807, 2.05) is 18.3 Å². The van der Waals surface area contributed by atoms with Gasteiger partial charge in [-0.25, -0.2) is 9.97 Å². The normalized spacial score (nSPS) is 10.8. The Morgan fingerprint density at radius 2 is 2.22 bits per heavy atom. The fourth-order valence-corrected chi connectivity index (χ4v) is 2.48. The van der Waals surface area contributed by atoms with Gasteiger partial charge in [0.1, 0.15) is 18.4 Å². The summed E-state index contributed by atoms with van der Waals surface area (Å²) in [5, 5.41) is 6.75. The maximum absolute atomic E-state index is 12.1. The smallest absolute Gasteiger partial charge is 0.227 e. The third-order valence-electron chi connectivity index (χ3n) is 3.88. The van der Waals surface area contributed by atoms with Crippen molar-refractivity contribution in [2.45, 2.75) is 19.4 Å². The minimum Gasteiger partial charge on any atom is -0.472 e. The van der Waals surface area contributed by atoms with Gasteiger partial charge in [0.15, 0.2) is 0 Å². The van der Waals surface area contributed by atoms with Crippen LogP contribution >= 0.6 is 0 Å². The van der Waals surface area contributed by atoms with Gasteiger partial charge >= 0.3 is 0 Å². The van der Waals surface area contributed by atoms with Crippen molar-refractivity contribution in [3.8, 4) is 17.2 Å². The average Bonchev–Trinajstić information content (AvgIpc) is 3.46. The standard InChI is InChI=1S/C18H16N6O3/c25-16(1-2-17-22-18(23-27-17)14-4-8-26-11-14)21-10-13-3-5-20-15(9-13)24-7-6-19-12-24/h3-9,11-12H,1-2,10H2,(H,21,25). The van der Waals surface area contributed by atoms with Crippen LogP contribution in [0.25, 0.3) is 17.2 Å². The Morgan fingerprint density at radius 3 is 3.04 bits per heavy atom. The van der Waals surface area contributed by atoms with Crippen LogP contribution in [-0.4, -0.2) is 30.6 Å². The molecule has 0 saturated heterocycles. The van der Waals surface area contributed by atoms with Crippen LogP contribution in [-0.2, 0) is 17.8 Å². The molecule has 0 aliphatic carbocycles. The predicted molar refractivity (Wildman–Crippen MR) is 93.5 cm³/mol. The van der Waals surface area contributed by atoms with Gasteiger partial charge in [0.05, 0.1) is 11.8 Å². The molecular formula is C18H16N6O3. The van der Waals surface area contributed by atoms with Crippen molar-refractivity contribution < 1.29 is 13.7 Å². The topological polar surface area (TPSA) is 112 Å². The molecule has 0 unspecified atom stereocenters. The van der Waals surface area contributed by atoms with Crippen LogP contribution in [0.5, 0.6) is 0 Å². The molecule has 0 aliphatic rings. The van der Waals surface area contributed by atoms with E-state index in [4.69, 9.17) is 8.94 Å². The summed E-state index contributed by atoms with van der Waals surface area (Å²) < 4.78 is 12.0. The summed E-state index contributed by atoms with van der Waals surface area (Å²) in [6, 6.07) is 5.50. The van der Waals surface area contributed by atoms with Crippen LogP contribution in [0.15, 0.2) is 64.6 Å². The quantitative estimate of drug-likeness (QED) is 0.535. The van der Waals surface area contributed by atoms with E-state index in [1.165, 1.54) is 12.5 Å². The molecule has 4 aromatic heterocycles. The second-order valence-electron chi connectivity index (χ2n) is 5.79.